The van der Waals surface area contributed by atoms with Crippen molar-refractivity contribution in [3.8, 4) is 0 Å². The zero-order valence-electron chi connectivity index (χ0n) is 10.5. The number of halogens is 1. The van der Waals surface area contributed by atoms with E-state index >= 15 is 0 Å². The van der Waals surface area contributed by atoms with Gasteiger partial charge in [0.2, 0.25) is 0 Å². The van der Waals surface area contributed by atoms with Gasteiger partial charge in [-0.25, -0.2) is 8.42 Å². The van der Waals surface area contributed by atoms with Gasteiger partial charge in [0.05, 0.1) is 0 Å². The molecule has 19 heavy (non-hydrogen) atoms. The molecule has 1 N–H and O–H groups in total. The molecule has 0 aliphatic rings. The minimum Gasteiger partial charge on any atom is -0.480 e. The molecule has 0 aliphatic carbocycles. The van der Waals surface area contributed by atoms with E-state index < -0.39 is 26.1 Å². The Morgan fingerprint density at radius 2 is 2.11 bits per heavy atom. The number of pyridine rings is 1. The highest BCUT2D eigenvalue weighted by Crippen LogP contribution is 2.22. The number of hydrogen-bond acceptors (Lipinski definition) is 4. The molecule has 1 aromatic heterocycles. The van der Waals surface area contributed by atoms with E-state index in [1.165, 1.54) is 22.9 Å². The van der Waals surface area contributed by atoms with Crippen LogP contribution < -0.4 is 5.56 Å². The molecule has 6 nitrogen and oxygen atoms in total. The number of carboxylic acid groups (broad SMARTS) is 1. The van der Waals surface area contributed by atoms with Crippen LogP contribution in [0.5, 0.6) is 0 Å². The molecule has 0 saturated carbocycles. The quantitative estimate of drug-likeness (QED) is 0.867. The third-order valence-electron chi connectivity index (χ3n) is 3.06. The normalized spacial score (nSPS) is 14.9. The zero-order valence-corrected chi connectivity index (χ0v) is 12.0. The lowest BCUT2D eigenvalue weighted by Crippen LogP contribution is -2.44. The predicted octanol–water partition coefficient (Wildman–Crippen LogP) is 0.780. The maximum Gasteiger partial charge on any atom is 0.324 e. The third kappa shape index (κ3) is 3.36. The summed E-state index contributed by atoms with van der Waals surface area (Å²) < 4.78 is 22.4. The third-order valence-corrected chi connectivity index (χ3v) is 5.31. The summed E-state index contributed by atoms with van der Waals surface area (Å²) in [7, 11) is -3.80. The number of carboxylic acids is 1. The van der Waals surface area contributed by atoms with Crippen LogP contribution in [-0.4, -0.2) is 35.1 Å². The van der Waals surface area contributed by atoms with E-state index in [0.717, 1.165) is 13.2 Å². The molecular weight excluding hydrogens is 294 g/mol. The molecule has 1 aromatic rings. The number of sulfone groups is 1. The standard InChI is InChI=1S/C11H14ClNO5S/c1-11(10(15)16,19(2,17)18)4-6-13-5-3-8(12)7-9(13)14/h3,5,7H,4,6H2,1-2H3,(H,15,16). The Balaban J connectivity index is 3.02. The van der Waals surface area contributed by atoms with Crippen LogP contribution in [-0.2, 0) is 21.2 Å². The Hall–Kier alpha value is -1.34. The fourth-order valence-corrected chi connectivity index (χ4v) is 2.38. The van der Waals surface area contributed by atoms with Crippen molar-refractivity contribution in [2.45, 2.75) is 24.6 Å². The highest BCUT2D eigenvalue weighted by molar-refractivity contribution is 7.92. The Bertz CT molecular complexity index is 651. The van der Waals surface area contributed by atoms with E-state index in [-0.39, 0.29) is 18.0 Å². The first-order valence-corrected chi connectivity index (χ1v) is 7.64. The van der Waals surface area contributed by atoms with Gasteiger partial charge in [0, 0.05) is 30.1 Å². The smallest absolute Gasteiger partial charge is 0.324 e. The van der Waals surface area contributed by atoms with Gasteiger partial charge >= 0.3 is 5.97 Å². The van der Waals surface area contributed by atoms with Crippen molar-refractivity contribution >= 4 is 27.4 Å². The summed E-state index contributed by atoms with van der Waals surface area (Å²) in [4.78, 5) is 22.7. The van der Waals surface area contributed by atoms with Crippen LogP contribution in [0.15, 0.2) is 23.1 Å². The number of aliphatic carboxylic acids is 1. The molecule has 0 spiro atoms. The average Bonchev–Trinajstić information content (AvgIpc) is 2.25. The second kappa shape index (κ2) is 5.34. The van der Waals surface area contributed by atoms with Crippen molar-refractivity contribution in [1.82, 2.24) is 4.57 Å². The first-order chi connectivity index (χ1) is 8.58. The predicted molar refractivity (Wildman–Crippen MR) is 71.2 cm³/mol. The second-order valence-electron chi connectivity index (χ2n) is 4.43. The van der Waals surface area contributed by atoms with Gasteiger partial charge in [0.1, 0.15) is 0 Å². The summed E-state index contributed by atoms with van der Waals surface area (Å²) in [6.45, 7) is 1.11. The Morgan fingerprint density at radius 3 is 2.53 bits per heavy atom. The minimum atomic E-state index is -3.80. The van der Waals surface area contributed by atoms with Crippen molar-refractivity contribution in [3.05, 3.63) is 33.7 Å². The van der Waals surface area contributed by atoms with Crippen LogP contribution in [0.3, 0.4) is 0 Å². The fourth-order valence-electron chi connectivity index (χ4n) is 1.45. The van der Waals surface area contributed by atoms with Crippen molar-refractivity contribution in [3.63, 3.8) is 0 Å². The summed E-state index contributed by atoms with van der Waals surface area (Å²) in [5.41, 5.74) is -0.409. The molecule has 0 radical (unpaired) electrons. The van der Waals surface area contributed by atoms with E-state index in [1.54, 1.807) is 0 Å². The molecular formula is C11H14ClNO5S. The number of nitrogens with zero attached hydrogens (tertiary/aromatic N) is 1. The highest BCUT2D eigenvalue weighted by Gasteiger charge is 2.43. The molecule has 1 atom stereocenters. The van der Waals surface area contributed by atoms with Crippen molar-refractivity contribution in [2.24, 2.45) is 0 Å². The molecule has 1 unspecified atom stereocenters. The van der Waals surface area contributed by atoms with Crippen LogP contribution in [0.4, 0.5) is 0 Å². The summed E-state index contributed by atoms with van der Waals surface area (Å²) >= 11 is 5.63. The Labute approximate surface area is 115 Å². The lowest BCUT2D eigenvalue weighted by molar-refractivity contribution is -0.139. The minimum absolute atomic E-state index is 0.0220. The van der Waals surface area contributed by atoms with E-state index in [2.05, 4.69) is 0 Å². The zero-order chi connectivity index (χ0) is 14.8. The van der Waals surface area contributed by atoms with E-state index in [4.69, 9.17) is 16.7 Å². The average molecular weight is 308 g/mol. The maximum atomic E-state index is 11.6. The summed E-state index contributed by atoms with van der Waals surface area (Å²) in [6, 6.07) is 2.65. The van der Waals surface area contributed by atoms with E-state index in [1.807, 2.05) is 0 Å². The molecule has 0 saturated heterocycles. The lowest BCUT2D eigenvalue weighted by Gasteiger charge is -2.22. The molecule has 1 rings (SSSR count). The van der Waals surface area contributed by atoms with Gasteiger partial charge in [-0.15, -0.1) is 0 Å². The van der Waals surface area contributed by atoms with Crippen molar-refractivity contribution < 1.29 is 18.3 Å². The van der Waals surface area contributed by atoms with Gasteiger partial charge in [-0.2, -0.15) is 0 Å². The van der Waals surface area contributed by atoms with Gasteiger partial charge in [-0.1, -0.05) is 11.6 Å². The van der Waals surface area contributed by atoms with Crippen LogP contribution in [0.25, 0.3) is 0 Å². The van der Waals surface area contributed by atoms with Gasteiger partial charge in [-0.3, -0.25) is 9.59 Å². The number of rotatable bonds is 5. The SMILES string of the molecule is CC(CCn1ccc(Cl)cc1=O)(C(=O)O)S(C)(=O)=O. The molecule has 1 heterocycles. The van der Waals surface area contributed by atoms with Crippen molar-refractivity contribution in [1.29, 1.82) is 0 Å². The summed E-state index contributed by atoms with van der Waals surface area (Å²) in [5, 5.41) is 9.34. The van der Waals surface area contributed by atoms with Gasteiger partial charge in [0.15, 0.2) is 14.6 Å². The summed E-state index contributed by atoms with van der Waals surface area (Å²) in [6.07, 6.45) is 2.06. The Morgan fingerprint density at radius 1 is 1.53 bits per heavy atom. The van der Waals surface area contributed by atoms with Crippen LogP contribution in [0.2, 0.25) is 5.02 Å². The monoisotopic (exact) mass is 307 g/mol. The number of hydrogen-bond donors (Lipinski definition) is 1. The number of carbonyl (C=O) groups is 1. The first-order valence-electron chi connectivity index (χ1n) is 5.37. The van der Waals surface area contributed by atoms with Crippen LogP contribution >= 0.6 is 11.6 Å². The largest absolute Gasteiger partial charge is 0.480 e. The molecule has 0 amide bonds. The number of aromatic nitrogens is 1. The van der Waals surface area contributed by atoms with E-state index in [0.29, 0.717) is 0 Å². The van der Waals surface area contributed by atoms with Crippen LogP contribution in [0, 0.1) is 0 Å². The second-order valence-corrected chi connectivity index (χ2v) is 7.32. The molecule has 8 heteroatoms. The number of aryl methyl sites for hydroxylation is 1. The van der Waals surface area contributed by atoms with Gasteiger partial charge in [0.25, 0.3) is 5.56 Å². The topological polar surface area (TPSA) is 93.4 Å². The van der Waals surface area contributed by atoms with Crippen molar-refractivity contribution in [2.75, 3.05) is 6.26 Å². The molecule has 0 fully saturated rings. The first kappa shape index (κ1) is 15.7. The molecule has 106 valence electrons. The lowest BCUT2D eigenvalue weighted by atomic mass is 10.1. The van der Waals surface area contributed by atoms with Gasteiger partial charge < -0.3 is 9.67 Å². The maximum absolute atomic E-state index is 11.6. The highest BCUT2D eigenvalue weighted by atomic mass is 35.5. The molecule has 0 aliphatic heterocycles. The molecule has 0 bridgehead atoms. The molecule has 0 aromatic carbocycles. The van der Waals surface area contributed by atoms with Crippen LogP contribution in [0.1, 0.15) is 13.3 Å². The summed E-state index contributed by atoms with van der Waals surface area (Å²) in [5.74, 6) is -1.43. The van der Waals surface area contributed by atoms with E-state index in [9.17, 15) is 18.0 Å². The Kier molecular flexibility index (Phi) is 4.42. The fraction of sp³-hybridized carbons (Fsp3) is 0.455. The van der Waals surface area contributed by atoms with Gasteiger partial charge in [-0.05, 0) is 19.4 Å².